The van der Waals surface area contributed by atoms with E-state index in [2.05, 4.69) is 4.74 Å². The van der Waals surface area contributed by atoms with Gasteiger partial charge in [-0.2, -0.15) is 0 Å². The molecule has 15 heavy (non-hydrogen) atoms. The molecule has 0 fully saturated rings. The zero-order chi connectivity index (χ0) is 11.7. The molecule has 4 nitrogen and oxygen atoms in total. The molecule has 0 spiro atoms. The lowest BCUT2D eigenvalue weighted by molar-refractivity contribution is -0.144. The highest BCUT2D eigenvalue weighted by atomic mass is 16.5. The van der Waals surface area contributed by atoms with Crippen molar-refractivity contribution < 1.29 is 19.4 Å². The molecule has 4 heteroatoms. The number of allylic oxidation sites excluding steroid dienone is 1. The maximum Gasteiger partial charge on any atom is 0.312 e. The van der Waals surface area contributed by atoms with Gasteiger partial charge in [-0.1, -0.05) is 19.1 Å². The highest BCUT2D eigenvalue weighted by Gasteiger charge is 2.15. The number of hydrogen-bond acceptors (Lipinski definition) is 3. The first-order chi connectivity index (χ1) is 7.11. The summed E-state index contributed by atoms with van der Waals surface area (Å²) in [5.41, 5.74) is 0. The Morgan fingerprint density at radius 2 is 2.13 bits per heavy atom. The van der Waals surface area contributed by atoms with Crippen LogP contribution in [0.3, 0.4) is 0 Å². The number of carboxylic acids is 1. The van der Waals surface area contributed by atoms with Crippen LogP contribution in [0.4, 0.5) is 0 Å². The SMILES string of the molecule is CC/C=C/C(CCCC(=O)O)C(=O)OC. The number of aliphatic carboxylic acids is 1. The van der Waals surface area contributed by atoms with Crippen LogP contribution in [-0.4, -0.2) is 24.2 Å². The standard InChI is InChI=1S/C11H18O4/c1-3-4-6-9(11(14)15-2)7-5-8-10(12)13/h4,6,9H,3,5,7-8H2,1-2H3,(H,12,13)/b6-4+. The maximum absolute atomic E-state index is 11.3. The average molecular weight is 214 g/mol. The molecule has 0 radical (unpaired) electrons. The minimum Gasteiger partial charge on any atom is -0.481 e. The van der Waals surface area contributed by atoms with Crippen molar-refractivity contribution in [1.82, 2.24) is 0 Å². The quantitative estimate of drug-likeness (QED) is 0.520. The highest BCUT2D eigenvalue weighted by molar-refractivity contribution is 5.74. The number of rotatable bonds is 7. The third-order valence-electron chi connectivity index (χ3n) is 2.01. The Kier molecular flexibility index (Phi) is 7.32. The minimum atomic E-state index is -0.835. The van der Waals surface area contributed by atoms with Crippen molar-refractivity contribution >= 4 is 11.9 Å². The van der Waals surface area contributed by atoms with E-state index in [1.807, 2.05) is 13.0 Å². The number of esters is 1. The maximum atomic E-state index is 11.3. The summed E-state index contributed by atoms with van der Waals surface area (Å²) in [6, 6.07) is 0. The highest BCUT2D eigenvalue weighted by Crippen LogP contribution is 2.12. The van der Waals surface area contributed by atoms with Crippen molar-refractivity contribution in [3.05, 3.63) is 12.2 Å². The molecule has 86 valence electrons. The lowest BCUT2D eigenvalue weighted by Crippen LogP contribution is -2.14. The Balaban J connectivity index is 4.07. The molecule has 1 unspecified atom stereocenters. The number of methoxy groups -OCH3 is 1. The fourth-order valence-corrected chi connectivity index (χ4v) is 1.22. The molecular weight excluding hydrogens is 196 g/mol. The normalized spacial score (nSPS) is 12.7. The molecular formula is C11H18O4. The molecule has 0 aromatic carbocycles. The molecule has 1 atom stereocenters. The third kappa shape index (κ3) is 6.71. The molecule has 0 bridgehead atoms. The minimum absolute atomic E-state index is 0.0907. The molecule has 1 N–H and O–H groups in total. The Morgan fingerprint density at radius 3 is 2.60 bits per heavy atom. The molecule has 0 aliphatic heterocycles. The van der Waals surface area contributed by atoms with E-state index in [0.717, 1.165) is 6.42 Å². The molecule has 0 rings (SSSR count). The largest absolute Gasteiger partial charge is 0.481 e. The first-order valence-corrected chi connectivity index (χ1v) is 5.08. The van der Waals surface area contributed by atoms with Crippen LogP contribution in [0.2, 0.25) is 0 Å². The molecule has 0 aliphatic rings. The van der Waals surface area contributed by atoms with Crippen LogP contribution in [0.1, 0.15) is 32.6 Å². The van der Waals surface area contributed by atoms with E-state index in [1.165, 1.54) is 7.11 Å². The van der Waals surface area contributed by atoms with Gasteiger partial charge < -0.3 is 9.84 Å². The second kappa shape index (κ2) is 8.03. The second-order valence-electron chi connectivity index (χ2n) is 3.25. The van der Waals surface area contributed by atoms with Crippen molar-refractivity contribution in [3.8, 4) is 0 Å². The summed E-state index contributed by atoms with van der Waals surface area (Å²) < 4.78 is 4.63. The monoisotopic (exact) mass is 214 g/mol. The summed E-state index contributed by atoms with van der Waals surface area (Å²) in [5, 5.41) is 8.46. The zero-order valence-electron chi connectivity index (χ0n) is 9.23. The van der Waals surface area contributed by atoms with Gasteiger partial charge in [-0.25, -0.2) is 0 Å². The molecule has 0 aromatic heterocycles. The Morgan fingerprint density at radius 1 is 1.47 bits per heavy atom. The summed E-state index contributed by atoms with van der Waals surface area (Å²) in [5.74, 6) is -1.45. The van der Waals surface area contributed by atoms with Crippen LogP contribution < -0.4 is 0 Å². The van der Waals surface area contributed by atoms with Gasteiger partial charge in [-0.3, -0.25) is 9.59 Å². The van der Waals surface area contributed by atoms with Gasteiger partial charge in [0.2, 0.25) is 0 Å². The van der Waals surface area contributed by atoms with Crippen LogP contribution >= 0.6 is 0 Å². The lowest BCUT2D eigenvalue weighted by atomic mass is 10.0. The van der Waals surface area contributed by atoms with Crippen molar-refractivity contribution in [2.75, 3.05) is 7.11 Å². The third-order valence-corrected chi connectivity index (χ3v) is 2.01. The molecule has 0 saturated heterocycles. The van der Waals surface area contributed by atoms with Crippen molar-refractivity contribution in [2.45, 2.75) is 32.6 Å². The van der Waals surface area contributed by atoms with Gasteiger partial charge in [-0.05, 0) is 19.3 Å². The van der Waals surface area contributed by atoms with Crippen molar-refractivity contribution in [1.29, 1.82) is 0 Å². The van der Waals surface area contributed by atoms with Crippen LogP contribution in [0, 0.1) is 5.92 Å². The van der Waals surface area contributed by atoms with Crippen LogP contribution in [0.25, 0.3) is 0 Å². The fraction of sp³-hybridized carbons (Fsp3) is 0.636. The summed E-state index contributed by atoms with van der Waals surface area (Å²) >= 11 is 0. The van der Waals surface area contributed by atoms with E-state index in [-0.39, 0.29) is 18.3 Å². The van der Waals surface area contributed by atoms with Gasteiger partial charge in [0, 0.05) is 6.42 Å². The zero-order valence-corrected chi connectivity index (χ0v) is 9.23. The summed E-state index contributed by atoms with van der Waals surface area (Å²) in [6.45, 7) is 1.97. The van der Waals surface area contributed by atoms with Crippen LogP contribution in [0.5, 0.6) is 0 Å². The van der Waals surface area contributed by atoms with E-state index < -0.39 is 5.97 Å². The molecule has 0 aromatic rings. The van der Waals surface area contributed by atoms with Crippen LogP contribution in [0.15, 0.2) is 12.2 Å². The van der Waals surface area contributed by atoms with E-state index in [4.69, 9.17) is 5.11 Å². The Hall–Kier alpha value is -1.32. The predicted octanol–water partition coefficient (Wildman–Crippen LogP) is 2.00. The number of hydrogen-bond donors (Lipinski definition) is 1. The first-order valence-electron chi connectivity index (χ1n) is 5.08. The Bertz CT molecular complexity index is 233. The molecule has 0 aliphatic carbocycles. The fourth-order valence-electron chi connectivity index (χ4n) is 1.22. The van der Waals surface area contributed by atoms with E-state index in [9.17, 15) is 9.59 Å². The smallest absolute Gasteiger partial charge is 0.312 e. The second-order valence-corrected chi connectivity index (χ2v) is 3.25. The lowest BCUT2D eigenvalue weighted by Gasteiger charge is -2.09. The van der Waals surface area contributed by atoms with Gasteiger partial charge >= 0.3 is 11.9 Å². The van der Waals surface area contributed by atoms with E-state index in [1.54, 1.807) is 6.08 Å². The number of carbonyl (C=O) groups excluding carboxylic acids is 1. The number of ether oxygens (including phenoxy) is 1. The van der Waals surface area contributed by atoms with Crippen molar-refractivity contribution in [3.63, 3.8) is 0 Å². The van der Waals surface area contributed by atoms with Gasteiger partial charge in [0.15, 0.2) is 0 Å². The first kappa shape index (κ1) is 13.7. The van der Waals surface area contributed by atoms with Crippen LogP contribution in [-0.2, 0) is 14.3 Å². The summed E-state index contributed by atoms with van der Waals surface area (Å²) in [6.07, 6.45) is 5.63. The van der Waals surface area contributed by atoms with E-state index in [0.29, 0.717) is 12.8 Å². The summed E-state index contributed by atoms with van der Waals surface area (Å²) in [7, 11) is 1.34. The molecule has 0 heterocycles. The molecule has 0 amide bonds. The van der Waals surface area contributed by atoms with Gasteiger partial charge in [0.1, 0.15) is 0 Å². The van der Waals surface area contributed by atoms with Gasteiger partial charge in [0.25, 0.3) is 0 Å². The topological polar surface area (TPSA) is 63.6 Å². The van der Waals surface area contributed by atoms with Gasteiger partial charge in [0.05, 0.1) is 13.0 Å². The van der Waals surface area contributed by atoms with E-state index >= 15 is 0 Å². The Labute approximate surface area is 89.9 Å². The predicted molar refractivity (Wildman–Crippen MR) is 56.4 cm³/mol. The number of carbonyl (C=O) groups is 2. The number of carboxylic acid groups (broad SMARTS) is 1. The summed E-state index contributed by atoms with van der Waals surface area (Å²) in [4.78, 5) is 21.6. The molecule has 0 saturated carbocycles. The van der Waals surface area contributed by atoms with Gasteiger partial charge in [-0.15, -0.1) is 0 Å². The average Bonchev–Trinajstić information content (AvgIpc) is 2.21. The van der Waals surface area contributed by atoms with Crippen molar-refractivity contribution in [2.24, 2.45) is 5.92 Å².